The van der Waals surface area contributed by atoms with Crippen LogP contribution in [0.15, 0.2) is 24.5 Å². The number of pyridine rings is 1. The van der Waals surface area contributed by atoms with Gasteiger partial charge in [0.05, 0.1) is 17.6 Å². The largest absolute Gasteiger partial charge is 0.383 e. The number of fused-ring (bicyclic) bond motifs is 1. The molecule has 3 aromatic rings. The maximum Gasteiger partial charge on any atom is 0.146 e. The van der Waals surface area contributed by atoms with Gasteiger partial charge in [-0.15, -0.1) is 0 Å². The molecule has 0 spiro atoms. The van der Waals surface area contributed by atoms with Gasteiger partial charge in [0.15, 0.2) is 0 Å². The first-order valence-corrected chi connectivity index (χ1v) is 6.56. The molecule has 0 aliphatic heterocycles. The van der Waals surface area contributed by atoms with Gasteiger partial charge in [-0.05, 0) is 38.5 Å². The van der Waals surface area contributed by atoms with Crippen molar-refractivity contribution in [3.8, 4) is 0 Å². The lowest BCUT2D eigenvalue weighted by Gasteiger charge is -2.08. The summed E-state index contributed by atoms with van der Waals surface area (Å²) < 4.78 is 2.14. The lowest BCUT2D eigenvalue weighted by Crippen LogP contribution is -2.05. The van der Waals surface area contributed by atoms with E-state index in [0.29, 0.717) is 12.4 Å². The van der Waals surface area contributed by atoms with Crippen LogP contribution in [0.4, 0.5) is 5.82 Å². The molecule has 0 fully saturated rings. The number of hydrogen-bond acceptors (Lipinski definition) is 4. The average molecular weight is 267 g/mol. The van der Waals surface area contributed by atoms with Gasteiger partial charge in [-0.3, -0.25) is 4.98 Å². The van der Waals surface area contributed by atoms with Crippen molar-refractivity contribution >= 4 is 16.9 Å². The van der Waals surface area contributed by atoms with Crippen LogP contribution >= 0.6 is 0 Å². The summed E-state index contributed by atoms with van der Waals surface area (Å²) >= 11 is 0. The smallest absolute Gasteiger partial charge is 0.146 e. The Morgan fingerprint density at radius 3 is 2.70 bits per heavy atom. The van der Waals surface area contributed by atoms with Crippen molar-refractivity contribution in [1.82, 2.24) is 19.5 Å². The van der Waals surface area contributed by atoms with Crippen LogP contribution in [0.3, 0.4) is 0 Å². The van der Waals surface area contributed by atoms with Crippen LogP contribution in [0, 0.1) is 20.8 Å². The highest BCUT2D eigenvalue weighted by Crippen LogP contribution is 2.27. The minimum Gasteiger partial charge on any atom is -0.383 e. The topological polar surface area (TPSA) is 69.6 Å². The number of aryl methyl sites for hydroxylation is 2. The molecule has 0 unspecified atom stereocenters. The Labute approximate surface area is 117 Å². The van der Waals surface area contributed by atoms with Crippen molar-refractivity contribution < 1.29 is 0 Å². The number of anilines is 1. The van der Waals surface area contributed by atoms with Crippen molar-refractivity contribution in [1.29, 1.82) is 0 Å². The fraction of sp³-hybridized carbons (Fsp3) is 0.267. The van der Waals surface area contributed by atoms with E-state index in [9.17, 15) is 0 Å². The molecule has 0 bridgehead atoms. The Hall–Kier alpha value is -2.43. The highest BCUT2D eigenvalue weighted by atomic mass is 15.1. The number of aromatic nitrogens is 4. The molecule has 0 aliphatic carbocycles. The SMILES string of the molecule is Cc1cccc(Cn2c(C)c(C)c3c(N)ncnc32)n1. The van der Waals surface area contributed by atoms with Gasteiger partial charge >= 0.3 is 0 Å². The Morgan fingerprint density at radius 1 is 1.15 bits per heavy atom. The molecule has 0 atom stereocenters. The number of hydrogen-bond donors (Lipinski definition) is 1. The van der Waals surface area contributed by atoms with Crippen molar-refractivity contribution in [2.24, 2.45) is 0 Å². The predicted octanol–water partition coefficient (Wildman–Crippen LogP) is 2.38. The number of rotatable bonds is 2. The summed E-state index contributed by atoms with van der Waals surface area (Å²) in [5, 5.41) is 0.942. The predicted molar refractivity (Wildman–Crippen MR) is 79.5 cm³/mol. The van der Waals surface area contributed by atoms with E-state index in [2.05, 4.69) is 33.4 Å². The molecule has 102 valence electrons. The molecule has 20 heavy (non-hydrogen) atoms. The molecule has 0 amide bonds. The minimum absolute atomic E-state index is 0.534. The Bertz CT molecular complexity index is 788. The monoisotopic (exact) mass is 267 g/mol. The molecular weight excluding hydrogens is 250 g/mol. The fourth-order valence-corrected chi connectivity index (χ4v) is 2.54. The second kappa shape index (κ2) is 4.59. The molecular formula is C15H17N5. The zero-order valence-corrected chi connectivity index (χ0v) is 11.9. The van der Waals surface area contributed by atoms with E-state index < -0.39 is 0 Å². The summed E-state index contributed by atoms with van der Waals surface area (Å²) in [5.41, 5.74) is 11.2. The van der Waals surface area contributed by atoms with Gasteiger partial charge in [-0.25, -0.2) is 9.97 Å². The standard InChI is InChI=1S/C15H17N5/c1-9-5-4-6-12(19-9)7-20-11(3)10(2)13-14(16)17-8-18-15(13)20/h4-6,8H,7H2,1-3H3,(H2,16,17,18). The van der Waals surface area contributed by atoms with Crippen LogP contribution in [0.2, 0.25) is 0 Å². The van der Waals surface area contributed by atoms with Crippen molar-refractivity contribution in [3.63, 3.8) is 0 Å². The molecule has 0 aromatic carbocycles. The number of nitrogen functional groups attached to an aromatic ring is 1. The van der Waals surface area contributed by atoms with Gasteiger partial charge in [0.1, 0.15) is 17.8 Å². The van der Waals surface area contributed by atoms with Crippen LogP contribution in [0.5, 0.6) is 0 Å². The normalized spacial score (nSPS) is 11.2. The molecule has 3 heterocycles. The van der Waals surface area contributed by atoms with Crippen LogP contribution in [0.1, 0.15) is 22.6 Å². The third kappa shape index (κ3) is 1.91. The van der Waals surface area contributed by atoms with Crippen LogP contribution < -0.4 is 5.73 Å². The van der Waals surface area contributed by atoms with Gasteiger partial charge in [0.25, 0.3) is 0 Å². The summed E-state index contributed by atoms with van der Waals surface area (Å²) in [6.45, 7) is 6.81. The van der Waals surface area contributed by atoms with E-state index >= 15 is 0 Å². The number of nitrogens with zero attached hydrogens (tertiary/aromatic N) is 4. The first-order chi connectivity index (χ1) is 9.58. The average Bonchev–Trinajstić information content (AvgIpc) is 2.65. The van der Waals surface area contributed by atoms with Gasteiger partial charge in [0, 0.05) is 11.4 Å². The van der Waals surface area contributed by atoms with Crippen LogP contribution in [-0.4, -0.2) is 19.5 Å². The van der Waals surface area contributed by atoms with E-state index in [1.54, 1.807) is 0 Å². The third-order valence-electron chi connectivity index (χ3n) is 3.70. The zero-order valence-electron chi connectivity index (χ0n) is 11.9. The van der Waals surface area contributed by atoms with Gasteiger partial charge in [-0.1, -0.05) is 6.07 Å². The summed E-state index contributed by atoms with van der Waals surface area (Å²) in [7, 11) is 0. The number of nitrogens with two attached hydrogens (primary N) is 1. The molecule has 3 rings (SSSR count). The lowest BCUT2D eigenvalue weighted by atomic mass is 10.2. The third-order valence-corrected chi connectivity index (χ3v) is 3.70. The molecule has 5 heteroatoms. The van der Waals surface area contributed by atoms with Crippen molar-refractivity contribution in [3.05, 3.63) is 47.2 Å². The second-order valence-electron chi connectivity index (χ2n) is 5.02. The van der Waals surface area contributed by atoms with Crippen molar-refractivity contribution in [2.75, 3.05) is 5.73 Å². The quantitative estimate of drug-likeness (QED) is 0.774. The lowest BCUT2D eigenvalue weighted by molar-refractivity contribution is 0.764. The van der Waals surface area contributed by atoms with Gasteiger partial charge < -0.3 is 10.3 Å². The van der Waals surface area contributed by atoms with E-state index in [0.717, 1.165) is 33.7 Å². The maximum absolute atomic E-state index is 5.98. The second-order valence-corrected chi connectivity index (χ2v) is 5.02. The Morgan fingerprint density at radius 2 is 1.95 bits per heavy atom. The summed E-state index contributed by atoms with van der Waals surface area (Å²) in [5.74, 6) is 0.534. The van der Waals surface area contributed by atoms with Gasteiger partial charge in [0.2, 0.25) is 0 Å². The highest BCUT2D eigenvalue weighted by molar-refractivity contribution is 5.90. The highest BCUT2D eigenvalue weighted by Gasteiger charge is 2.15. The molecule has 2 N–H and O–H groups in total. The first-order valence-electron chi connectivity index (χ1n) is 6.56. The van der Waals surface area contributed by atoms with E-state index in [1.165, 1.54) is 6.33 Å². The molecule has 3 aromatic heterocycles. The Balaban J connectivity index is 2.17. The maximum atomic E-state index is 5.98. The molecule has 0 aliphatic rings. The summed E-state index contributed by atoms with van der Waals surface area (Å²) in [4.78, 5) is 13.0. The van der Waals surface area contributed by atoms with E-state index in [1.807, 2.05) is 25.1 Å². The fourth-order valence-electron chi connectivity index (χ4n) is 2.54. The minimum atomic E-state index is 0.534. The molecule has 0 saturated heterocycles. The van der Waals surface area contributed by atoms with Crippen molar-refractivity contribution in [2.45, 2.75) is 27.3 Å². The summed E-state index contributed by atoms with van der Waals surface area (Å²) in [6.07, 6.45) is 1.51. The van der Waals surface area contributed by atoms with Gasteiger partial charge in [-0.2, -0.15) is 0 Å². The molecule has 5 nitrogen and oxygen atoms in total. The zero-order chi connectivity index (χ0) is 14.3. The molecule has 0 radical (unpaired) electrons. The summed E-state index contributed by atoms with van der Waals surface area (Å²) in [6, 6.07) is 6.04. The van der Waals surface area contributed by atoms with E-state index in [-0.39, 0.29) is 0 Å². The van der Waals surface area contributed by atoms with E-state index in [4.69, 9.17) is 5.73 Å². The van der Waals surface area contributed by atoms with Crippen LogP contribution in [0.25, 0.3) is 11.0 Å². The Kier molecular flexibility index (Phi) is 2.89. The van der Waals surface area contributed by atoms with Crippen LogP contribution in [-0.2, 0) is 6.54 Å². The molecule has 0 saturated carbocycles. The first kappa shape index (κ1) is 12.6.